The van der Waals surface area contributed by atoms with Crippen LogP contribution in [0.5, 0.6) is 5.75 Å². The number of halogens is 2. The molecule has 0 atom stereocenters. The van der Waals surface area contributed by atoms with Crippen LogP contribution in [-0.2, 0) is 6.42 Å². The predicted molar refractivity (Wildman–Crippen MR) is 109 cm³/mol. The minimum atomic E-state index is 0.0937. The Hall–Kier alpha value is -1.49. The summed E-state index contributed by atoms with van der Waals surface area (Å²) in [4.78, 5) is 15.2. The van der Waals surface area contributed by atoms with Gasteiger partial charge in [-0.2, -0.15) is 0 Å². The average molecular weight is 407 g/mol. The highest BCUT2D eigenvalue weighted by Crippen LogP contribution is 2.38. The molecule has 0 bridgehead atoms. The van der Waals surface area contributed by atoms with Crippen LogP contribution >= 0.6 is 23.2 Å². The zero-order valence-corrected chi connectivity index (χ0v) is 17.0. The Bertz CT molecular complexity index is 826. The lowest BCUT2D eigenvalue weighted by Gasteiger charge is -2.25. The van der Waals surface area contributed by atoms with Gasteiger partial charge >= 0.3 is 0 Å². The second-order valence-corrected chi connectivity index (χ2v) is 8.39. The smallest absolute Gasteiger partial charge is 0.180 e. The van der Waals surface area contributed by atoms with Crippen LogP contribution in [0.4, 0.5) is 0 Å². The lowest BCUT2D eigenvalue weighted by atomic mass is 9.95. The van der Waals surface area contributed by atoms with Gasteiger partial charge in [-0.15, -0.1) is 0 Å². The largest absolute Gasteiger partial charge is 0.476 e. The summed E-state index contributed by atoms with van der Waals surface area (Å²) in [6, 6.07) is 2.41. The van der Waals surface area contributed by atoms with Gasteiger partial charge in [0.25, 0.3) is 0 Å². The Morgan fingerprint density at radius 3 is 2.74 bits per heavy atom. The number of nitrogens with one attached hydrogen (secondary N) is 1. The van der Waals surface area contributed by atoms with Gasteiger partial charge in [0.2, 0.25) is 0 Å². The molecular weight excluding hydrogens is 383 g/mol. The number of nitrogens with zero attached hydrogens (tertiary/aromatic N) is 1. The van der Waals surface area contributed by atoms with Gasteiger partial charge in [-0.1, -0.05) is 42.1 Å². The Morgan fingerprint density at radius 1 is 1.26 bits per heavy atom. The van der Waals surface area contributed by atoms with E-state index in [2.05, 4.69) is 10.2 Å². The van der Waals surface area contributed by atoms with Crippen molar-refractivity contribution in [3.05, 3.63) is 50.7 Å². The first-order valence-electron chi connectivity index (χ1n) is 9.54. The Morgan fingerprint density at radius 2 is 2.04 bits per heavy atom. The molecule has 1 aliphatic carbocycles. The van der Waals surface area contributed by atoms with Crippen LogP contribution < -0.4 is 10.1 Å². The van der Waals surface area contributed by atoms with Crippen molar-refractivity contribution >= 4 is 29.0 Å². The first-order chi connectivity index (χ1) is 13.0. The van der Waals surface area contributed by atoms with E-state index in [4.69, 9.17) is 27.9 Å². The molecule has 4 rings (SSSR count). The van der Waals surface area contributed by atoms with Crippen molar-refractivity contribution in [1.29, 1.82) is 0 Å². The first kappa shape index (κ1) is 18.9. The molecule has 0 saturated heterocycles. The van der Waals surface area contributed by atoms with Crippen molar-refractivity contribution in [3.8, 4) is 5.75 Å². The minimum absolute atomic E-state index is 0.0937. The van der Waals surface area contributed by atoms with Crippen LogP contribution in [0.25, 0.3) is 0 Å². The Balaban J connectivity index is 1.62. The molecule has 0 amide bonds. The fourth-order valence-corrected chi connectivity index (χ4v) is 4.56. The van der Waals surface area contributed by atoms with Crippen molar-refractivity contribution in [3.63, 3.8) is 0 Å². The summed E-state index contributed by atoms with van der Waals surface area (Å²) in [6.07, 6.45) is 9.35. The number of carbonyl (C=O) groups excluding carboxylic acids is 1. The van der Waals surface area contributed by atoms with Crippen LogP contribution in [0.3, 0.4) is 0 Å². The Kier molecular flexibility index (Phi) is 5.49. The predicted octanol–water partition coefficient (Wildman–Crippen LogP) is 4.58. The van der Waals surface area contributed by atoms with E-state index in [1.807, 2.05) is 25.1 Å². The highest BCUT2D eigenvalue weighted by atomic mass is 35.5. The number of allylic oxidation sites excluding steroid dienone is 2. The summed E-state index contributed by atoms with van der Waals surface area (Å²) >= 11 is 12.6. The number of ether oxygens (including phenoxy) is 1. The average Bonchev–Trinajstić information content (AvgIpc) is 3.14. The van der Waals surface area contributed by atoms with E-state index in [0.29, 0.717) is 47.4 Å². The molecule has 0 aromatic heterocycles. The van der Waals surface area contributed by atoms with Gasteiger partial charge in [-0.05, 0) is 55.0 Å². The van der Waals surface area contributed by atoms with Crippen molar-refractivity contribution < 1.29 is 9.53 Å². The lowest BCUT2D eigenvalue weighted by molar-refractivity contribution is 0.0749. The second kappa shape index (κ2) is 7.86. The number of carbonyl (C=O) groups is 1. The highest BCUT2D eigenvalue weighted by Gasteiger charge is 2.31. The number of dihydropyridines is 1. The maximum atomic E-state index is 13.0. The van der Waals surface area contributed by atoms with Gasteiger partial charge in [-0.3, -0.25) is 9.69 Å². The molecule has 2 heterocycles. The normalized spacial score (nSPS) is 21.1. The number of hydrogen-bond acceptors (Lipinski definition) is 4. The van der Waals surface area contributed by atoms with E-state index >= 15 is 0 Å². The third kappa shape index (κ3) is 3.89. The van der Waals surface area contributed by atoms with Crippen LogP contribution in [0.15, 0.2) is 28.9 Å². The molecule has 0 spiro atoms. The van der Waals surface area contributed by atoms with Gasteiger partial charge < -0.3 is 10.1 Å². The van der Waals surface area contributed by atoms with E-state index < -0.39 is 0 Å². The molecular formula is C21H24Cl2N2O2. The zero-order chi connectivity index (χ0) is 19.0. The Labute approximate surface area is 170 Å². The van der Waals surface area contributed by atoms with Crippen molar-refractivity contribution in [1.82, 2.24) is 10.2 Å². The molecule has 1 aromatic rings. The third-order valence-electron chi connectivity index (χ3n) is 5.80. The monoisotopic (exact) mass is 406 g/mol. The fourth-order valence-electron chi connectivity index (χ4n) is 4.15. The van der Waals surface area contributed by atoms with Crippen LogP contribution in [0.2, 0.25) is 5.02 Å². The molecule has 2 aliphatic heterocycles. The van der Waals surface area contributed by atoms with E-state index in [0.717, 1.165) is 30.4 Å². The zero-order valence-electron chi connectivity index (χ0n) is 15.5. The molecule has 1 N–H and O–H groups in total. The van der Waals surface area contributed by atoms with Crippen LogP contribution in [0, 0.1) is 6.92 Å². The summed E-state index contributed by atoms with van der Waals surface area (Å²) in [5, 5.41) is 4.33. The topological polar surface area (TPSA) is 41.6 Å². The van der Waals surface area contributed by atoms with Gasteiger partial charge in [0.05, 0.1) is 17.1 Å². The van der Waals surface area contributed by atoms with E-state index in [-0.39, 0.29) is 5.78 Å². The molecule has 1 fully saturated rings. The molecule has 0 radical (unpaired) electrons. The summed E-state index contributed by atoms with van der Waals surface area (Å²) in [7, 11) is 0. The first-order valence-corrected chi connectivity index (χ1v) is 10.3. The molecule has 0 unspecified atom stereocenters. The van der Waals surface area contributed by atoms with E-state index in [9.17, 15) is 4.79 Å². The maximum Gasteiger partial charge on any atom is 0.180 e. The number of hydrogen-bond donors (Lipinski definition) is 1. The standard InChI is InChI=1S/C21H24Cl2N2O2/c1-13-15(8-14-6-7-19(22)24-10-14)9-17-18(26)11-25(16-4-2-3-5-16)12-27-21(17)20(13)23/h6-7,9,16,24H,2-5,8,10-12H2,1H3. The number of Topliss-reactive ketones (excluding diaryl/α,β-unsaturated/α-hetero) is 1. The molecule has 1 saturated carbocycles. The fraction of sp³-hybridized carbons (Fsp3) is 0.476. The molecule has 6 heteroatoms. The van der Waals surface area contributed by atoms with Crippen LogP contribution in [-0.4, -0.2) is 36.5 Å². The minimum Gasteiger partial charge on any atom is -0.476 e. The lowest BCUT2D eigenvalue weighted by Crippen LogP contribution is -2.38. The summed E-state index contributed by atoms with van der Waals surface area (Å²) in [6.45, 7) is 3.52. The van der Waals surface area contributed by atoms with Crippen molar-refractivity contribution in [2.24, 2.45) is 0 Å². The second-order valence-electron chi connectivity index (χ2n) is 7.60. The number of fused-ring (bicyclic) bond motifs is 1. The van der Waals surface area contributed by atoms with Crippen molar-refractivity contribution in [2.45, 2.75) is 45.1 Å². The highest BCUT2D eigenvalue weighted by molar-refractivity contribution is 6.33. The summed E-state index contributed by atoms with van der Waals surface area (Å²) < 4.78 is 6.03. The molecule has 27 heavy (non-hydrogen) atoms. The number of benzene rings is 1. The van der Waals surface area contributed by atoms with E-state index in [1.165, 1.54) is 18.4 Å². The SMILES string of the molecule is Cc1c(CC2=CC=C(Cl)NC2)cc2c(c1Cl)OCN(C1CCCC1)CC2=O. The number of ketones is 1. The van der Waals surface area contributed by atoms with Gasteiger partial charge in [0, 0.05) is 12.6 Å². The third-order valence-corrected chi connectivity index (χ3v) is 6.52. The van der Waals surface area contributed by atoms with Gasteiger partial charge in [-0.25, -0.2) is 0 Å². The van der Waals surface area contributed by atoms with Gasteiger partial charge in [0.1, 0.15) is 11.9 Å². The van der Waals surface area contributed by atoms with E-state index in [1.54, 1.807) is 0 Å². The molecule has 1 aromatic carbocycles. The quantitative estimate of drug-likeness (QED) is 0.745. The molecule has 144 valence electrons. The summed E-state index contributed by atoms with van der Waals surface area (Å²) in [5.41, 5.74) is 3.84. The van der Waals surface area contributed by atoms with Crippen LogP contribution in [0.1, 0.15) is 47.2 Å². The molecule has 3 aliphatic rings. The van der Waals surface area contributed by atoms with Crippen molar-refractivity contribution in [2.75, 3.05) is 19.8 Å². The number of rotatable bonds is 3. The maximum absolute atomic E-state index is 13.0. The summed E-state index contributed by atoms with van der Waals surface area (Å²) in [5.74, 6) is 0.637. The van der Waals surface area contributed by atoms with Gasteiger partial charge in [0.15, 0.2) is 11.5 Å². The molecule has 4 nitrogen and oxygen atoms in total.